The van der Waals surface area contributed by atoms with Gasteiger partial charge in [0.1, 0.15) is 17.0 Å². The summed E-state index contributed by atoms with van der Waals surface area (Å²) < 4.78 is 3.94. The van der Waals surface area contributed by atoms with Crippen LogP contribution in [0.3, 0.4) is 0 Å². The van der Waals surface area contributed by atoms with Crippen molar-refractivity contribution in [3.05, 3.63) is 94.7 Å². The van der Waals surface area contributed by atoms with Crippen LogP contribution in [0, 0.1) is 27.7 Å². The van der Waals surface area contributed by atoms with Crippen molar-refractivity contribution in [2.75, 3.05) is 0 Å². The van der Waals surface area contributed by atoms with Crippen LogP contribution < -0.4 is 0 Å². The summed E-state index contributed by atoms with van der Waals surface area (Å²) in [6.45, 7) is 8.04. The lowest BCUT2D eigenvalue weighted by atomic mass is 10.0. The first-order chi connectivity index (χ1) is 14.9. The first-order valence-corrected chi connectivity index (χ1v) is 10.4. The number of rotatable bonds is 4. The largest absolute Gasteiger partial charge is 0.303 e. The van der Waals surface area contributed by atoms with E-state index < -0.39 is 0 Å². The molecule has 0 aliphatic carbocycles. The monoisotopic (exact) mass is 408 g/mol. The zero-order valence-corrected chi connectivity index (χ0v) is 18.2. The molecule has 1 aromatic carbocycles. The van der Waals surface area contributed by atoms with Crippen LogP contribution in [-0.4, -0.2) is 24.6 Å². The number of pyridine rings is 2. The van der Waals surface area contributed by atoms with Gasteiger partial charge in [0.15, 0.2) is 5.78 Å². The lowest BCUT2D eigenvalue weighted by Gasteiger charge is -2.07. The molecular weight excluding hydrogens is 384 g/mol. The fourth-order valence-electron chi connectivity index (χ4n) is 4.15. The zero-order valence-electron chi connectivity index (χ0n) is 18.2. The number of hydrogen-bond acceptors (Lipinski definition) is 3. The van der Waals surface area contributed by atoms with Gasteiger partial charge in [0.25, 0.3) is 0 Å². The van der Waals surface area contributed by atoms with Crippen LogP contribution in [0.1, 0.15) is 38.6 Å². The average molecular weight is 409 g/mol. The summed E-state index contributed by atoms with van der Waals surface area (Å²) in [6.07, 6.45) is 4.22. The Morgan fingerprint density at radius 2 is 1.55 bits per heavy atom. The van der Waals surface area contributed by atoms with E-state index in [-0.39, 0.29) is 12.2 Å². The number of aromatic nitrogens is 4. The third-order valence-corrected chi connectivity index (χ3v) is 5.74. The molecule has 0 fully saturated rings. The number of imidazole rings is 2. The predicted molar refractivity (Wildman–Crippen MR) is 123 cm³/mol. The van der Waals surface area contributed by atoms with Crippen molar-refractivity contribution in [3.8, 4) is 11.3 Å². The maximum Gasteiger partial charge on any atom is 0.187 e. The maximum atomic E-state index is 13.6. The first kappa shape index (κ1) is 19.2. The number of nitrogens with zero attached hydrogens (tertiary/aromatic N) is 4. The van der Waals surface area contributed by atoms with Crippen LogP contribution in [-0.2, 0) is 6.42 Å². The van der Waals surface area contributed by atoms with Crippen molar-refractivity contribution in [1.82, 2.24) is 18.8 Å². The van der Waals surface area contributed by atoms with Gasteiger partial charge in [0, 0.05) is 18.0 Å². The fraction of sp³-hybridized carbons (Fsp3) is 0.192. The second kappa shape index (κ2) is 7.20. The van der Waals surface area contributed by atoms with Gasteiger partial charge in [-0.25, -0.2) is 9.97 Å². The van der Waals surface area contributed by atoms with Gasteiger partial charge in [0.2, 0.25) is 0 Å². The highest BCUT2D eigenvalue weighted by molar-refractivity contribution is 5.98. The fourth-order valence-corrected chi connectivity index (χ4v) is 4.15. The Labute approximate surface area is 181 Å². The summed E-state index contributed by atoms with van der Waals surface area (Å²) in [5, 5.41) is 0. The molecule has 5 aromatic rings. The van der Waals surface area contributed by atoms with Crippen molar-refractivity contribution in [2.45, 2.75) is 34.1 Å². The van der Waals surface area contributed by atoms with E-state index in [4.69, 9.17) is 4.98 Å². The van der Waals surface area contributed by atoms with Gasteiger partial charge in [-0.05, 0) is 57.0 Å². The number of carbonyl (C=O) groups excluding carboxylic acids is 1. The lowest BCUT2D eigenvalue weighted by Crippen LogP contribution is -2.11. The van der Waals surface area contributed by atoms with Crippen molar-refractivity contribution < 1.29 is 4.79 Å². The molecule has 4 aromatic heterocycles. The van der Waals surface area contributed by atoms with Gasteiger partial charge >= 0.3 is 0 Å². The highest BCUT2D eigenvalue weighted by atomic mass is 16.1. The molecule has 0 amide bonds. The zero-order chi connectivity index (χ0) is 21.7. The number of benzene rings is 1. The van der Waals surface area contributed by atoms with Crippen molar-refractivity contribution >= 4 is 17.1 Å². The van der Waals surface area contributed by atoms with Crippen molar-refractivity contribution in [3.63, 3.8) is 0 Å². The summed E-state index contributed by atoms with van der Waals surface area (Å²) in [7, 11) is 0. The van der Waals surface area contributed by atoms with E-state index in [9.17, 15) is 4.79 Å². The Kier molecular flexibility index (Phi) is 4.47. The molecule has 31 heavy (non-hydrogen) atoms. The molecule has 0 spiro atoms. The smallest absolute Gasteiger partial charge is 0.187 e. The summed E-state index contributed by atoms with van der Waals surface area (Å²) >= 11 is 0. The van der Waals surface area contributed by atoms with Gasteiger partial charge in [-0.15, -0.1) is 0 Å². The molecule has 0 aliphatic rings. The predicted octanol–water partition coefficient (Wildman–Crippen LogP) is 5.31. The molecule has 154 valence electrons. The minimum atomic E-state index is 0.0329. The topological polar surface area (TPSA) is 51.7 Å². The number of hydrogen-bond donors (Lipinski definition) is 0. The maximum absolute atomic E-state index is 13.6. The second-order valence-corrected chi connectivity index (χ2v) is 8.29. The molecule has 5 rings (SSSR count). The standard InChI is InChI=1S/C26H24N4O/c1-16-5-8-20(9-6-16)25-21(30-15-18(3)7-10-23(30)28-25)14-22(31)26-19(4)27-24-13-17(2)11-12-29(24)26/h5-13,15H,14H2,1-4H3. The molecular formula is C26H24N4O. The van der Waals surface area contributed by atoms with Crippen LogP contribution in [0.4, 0.5) is 0 Å². The van der Waals surface area contributed by atoms with Gasteiger partial charge in [-0.3, -0.25) is 9.20 Å². The van der Waals surface area contributed by atoms with Crippen LogP contribution in [0.25, 0.3) is 22.6 Å². The Hall–Kier alpha value is -3.73. The molecule has 0 aliphatic heterocycles. The molecule has 4 heterocycles. The SMILES string of the molecule is Cc1ccc(-c2nc3ccc(C)cn3c2CC(=O)c2c(C)nc3cc(C)ccn23)cc1. The van der Waals surface area contributed by atoms with Gasteiger partial charge in [-0.2, -0.15) is 0 Å². The van der Waals surface area contributed by atoms with E-state index in [0.717, 1.165) is 45.1 Å². The normalized spacial score (nSPS) is 11.5. The Morgan fingerprint density at radius 1 is 0.806 bits per heavy atom. The quantitative estimate of drug-likeness (QED) is 0.379. The van der Waals surface area contributed by atoms with E-state index >= 15 is 0 Å². The van der Waals surface area contributed by atoms with E-state index in [1.807, 2.05) is 66.2 Å². The van der Waals surface area contributed by atoms with Crippen molar-refractivity contribution in [2.24, 2.45) is 0 Å². The van der Waals surface area contributed by atoms with Gasteiger partial charge in [0.05, 0.1) is 23.5 Å². The molecule has 0 radical (unpaired) electrons. The number of aryl methyl sites for hydroxylation is 4. The first-order valence-electron chi connectivity index (χ1n) is 10.4. The summed E-state index contributed by atoms with van der Waals surface area (Å²) in [5.74, 6) is 0.0329. The second-order valence-electron chi connectivity index (χ2n) is 8.29. The summed E-state index contributed by atoms with van der Waals surface area (Å²) in [6, 6.07) is 16.3. The van der Waals surface area contributed by atoms with E-state index in [1.54, 1.807) is 0 Å². The number of ketones is 1. The third-order valence-electron chi connectivity index (χ3n) is 5.74. The van der Waals surface area contributed by atoms with E-state index in [1.165, 1.54) is 5.56 Å². The Bertz CT molecular complexity index is 1450. The van der Waals surface area contributed by atoms with Crippen LogP contribution in [0.15, 0.2) is 60.9 Å². The average Bonchev–Trinajstić information content (AvgIpc) is 3.25. The number of fused-ring (bicyclic) bond motifs is 2. The van der Waals surface area contributed by atoms with Crippen LogP contribution >= 0.6 is 0 Å². The molecule has 0 N–H and O–H groups in total. The minimum Gasteiger partial charge on any atom is -0.303 e. The van der Waals surface area contributed by atoms with E-state index in [2.05, 4.69) is 36.2 Å². The molecule has 5 nitrogen and oxygen atoms in total. The van der Waals surface area contributed by atoms with E-state index in [0.29, 0.717) is 5.69 Å². The highest BCUT2D eigenvalue weighted by Gasteiger charge is 2.22. The molecule has 0 atom stereocenters. The Balaban J connectivity index is 1.65. The van der Waals surface area contributed by atoms with Crippen LogP contribution in [0.2, 0.25) is 0 Å². The van der Waals surface area contributed by atoms with Crippen LogP contribution in [0.5, 0.6) is 0 Å². The third kappa shape index (κ3) is 3.32. The minimum absolute atomic E-state index is 0.0329. The molecule has 0 saturated heterocycles. The lowest BCUT2D eigenvalue weighted by molar-refractivity contribution is 0.0985. The Morgan fingerprint density at radius 3 is 2.32 bits per heavy atom. The molecule has 5 heteroatoms. The van der Waals surface area contributed by atoms with Crippen molar-refractivity contribution in [1.29, 1.82) is 0 Å². The summed E-state index contributed by atoms with van der Waals surface area (Å²) in [5.41, 5.74) is 9.21. The highest BCUT2D eigenvalue weighted by Crippen LogP contribution is 2.27. The van der Waals surface area contributed by atoms with Gasteiger partial charge in [-0.1, -0.05) is 35.9 Å². The molecule has 0 unspecified atom stereocenters. The number of carbonyl (C=O) groups is 1. The van der Waals surface area contributed by atoms with Gasteiger partial charge < -0.3 is 4.40 Å². The number of Topliss-reactive ketones (excluding diaryl/α,β-unsaturated/α-hetero) is 1. The molecule has 0 bridgehead atoms. The summed E-state index contributed by atoms with van der Waals surface area (Å²) in [4.78, 5) is 23.0. The molecule has 0 saturated carbocycles.